The first-order chi connectivity index (χ1) is 8.96. The van der Waals surface area contributed by atoms with Crippen molar-refractivity contribution in [1.29, 1.82) is 0 Å². The molecule has 1 atom stereocenters. The summed E-state index contributed by atoms with van der Waals surface area (Å²) in [7, 11) is 0. The van der Waals surface area contributed by atoms with Crippen LogP contribution in [0.4, 0.5) is 0 Å². The molecular weight excluding hydrogens is 280 g/mol. The molecule has 1 heterocycles. The Kier molecular flexibility index (Phi) is 4.53. The number of benzene rings is 1. The lowest BCUT2D eigenvalue weighted by atomic mass is 10.1. The smallest absolute Gasteiger partial charge is 0.249 e. The zero-order chi connectivity index (χ0) is 13.9. The van der Waals surface area contributed by atoms with Crippen LogP contribution >= 0.6 is 23.4 Å². The van der Waals surface area contributed by atoms with Gasteiger partial charge in [-0.15, -0.1) is 23.4 Å². The van der Waals surface area contributed by atoms with Crippen molar-refractivity contribution in [3.63, 3.8) is 0 Å². The number of hydrogen-bond donors (Lipinski definition) is 0. The molecule has 2 aromatic rings. The second kappa shape index (κ2) is 5.97. The minimum atomic E-state index is -0.387. The monoisotopic (exact) mass is 296 g/mol. The first-order valence-corrected chi connectivity index (χ1v) is 7.53. The number of halogens is 1. The van der Waals surface area contributed by atoms with Crippen molar-refractivity contribution in [2.75, 3.05) is 0 Å². The van der Waals surface area contributed by atoms with E-state index in [2.05, 4.69) is 30.9 Å². The predicted octanol–water partition coefficient (Wildman–Crippen LogP) is 4.43. The average molecular weight is 297 g/mol. The van der Waals surface area contributed by atoms with Crippen molar-refractivity contribution in [3.8, 4) is 0 Å². The number of nitrogens with zero attached hydrogens (tertiary/aromatic N) is 2. The third kappa shape index (κ3) is 4.25. The van der Waals surface area contributed by atoms with Gasteiger partial charge in [-0.3, -0.25) is 0 Å². The summed E-state index contributed by atoms with van der Waals surface area (Å²) >= 11 is 8.11. The highest BCUT2D eigenvalue weighted by Gasteiger charge is 2.19. The van der Waals surface area contributed by atoms with E-state index in [9.17, 15) is 0 Å². The third-order valence-corrected chi connectivity index (χ3v) is 4.13. The van der Waals surface area contributed by atoms with Crippen LogP contribution in [-0.4, -0.2) is 14.9 Å². The van der Waals surface area contributed by atoms with Gasteiger partial charge < -0.3 is 4.52 Å². The number of rotatable bonds is 4. The summed E-state index contributed by atoms with van der Waals surface area (Å²) in [5.74, 6) is 1.87. The van der Waals surface area contributed by atoms with E-state index in [1.807, 2.05) is 30.3 Å². The van der Waals surface area contributed by atoms with Gasteiger partial charge in [0.25, 0.3) is 0 Å². The largest absolute Gasteiger partial charge is 0.337 e. The standard InChI is InChI=1S/C14H17ClN2OS/c1-14(2,3)19-9-11-16-13(18-17-11)12(15)10-7-5-4-6-8-10/h4-8,12H,9H2,1-3H3. The summed E-state index contributed by atoms with van der Waals surface area (Å²) in [6.45, 7) is 6.48. The molecule has 0 saturated heterocycles. The summed E-state index contributed by atoms with van der Waals surface area (Å²) in [6, 6.07) is 9.73. The second-order valence-corrected chi connectivity index (χ2v) is 7.46. The van der Waals surface area contributed by atoms with Crippen LogP contribution in [-0.2, 0) is 5.75 Å². The van der Waals surface area contributed by atoms with Gasteiger partial charge in [0, 0.05) is 4.75 Å². The highest BCUT2D eigenvalue weighted by molar-refractivity contribution is 7.99. The Hall–Kier alpha value is -1.00. The zero-order valence-electron chi connectivity index (χ0n) is 11.3. The van der Waals surface area contributed by atoms with Crippen LogP contribution in [0.3, 0.4) is 0 Å². The van der Waals surface area contributed by atoms with Gasteiger partial charge in [0.2, 0.25) is 5.89 Å². The quantitative estimate of drug-likeness (QED) is 0.782. The molecule has 1 unspecified atom stereocenters. The van der Waals surface area contributed by atoms with Gasteiger partial charge in [0.15, 0.2) is 5.82 Å². The van der Waals surface area contributed by atoms with Crippen LogP contribution in [0.5, 0.6) is 0 Å². The highest BCUT2D eigenvalue weighted by atomic mass is 35.5. The van der Waals surface area contributed by atoms with E-state index in [0.717, 1.165) is 11.3 Å². The Morgan fingerprint density at radius 3 is 2.58 bits per heavy atom. The molecule has 1 aromatic carbocycles. The first-order valence-electron chi connectivity index (χ1n) is 6.11. The van der Waals surface area contributed by atoms with Gasteiger partial charge in [0.1, 0.15) is 5.38 Å². The average Bonchev–Trinajstić information content (AvgIpc) is 2.84. The Morgan fingerprint density at radius 2 is 1.95 bits per heavy atom. The van der Waals surface area contributed by atoms with E-state index in [4.69, 9.17) is 16.1 Å². The molecule has 19 heavy (non-hydrogen) atoms. The molecule has 0 aliphatic carbocycles. The molecule has 1 aromatic heterocycles. The molecule has 0 saturated carbocycles. The Bertz CT molecular complexity index is 522. The van der Waals surface area contributed by atoms with Crippen molar-refractivity contribution >= 4 is 23.4 Å². The fourth-order valence-corrected chi connectivity index (χ4v) is 2.39. The fourth-order valence-electron chi connectivity index (χ4n) is 1.47. The summed E-state index contributed by atoms with van der Waals surface area (Å²) in [5, 5.41) is 3.59. The Morgan fingerprint density at radius 1 is 1.26 bits per heavy atom. The molecular formula is C14H17ClN2OS. The normalized spacial score (nSPS) is 13.5. The predicted molar refractivity (Wildman–Crippen MR) is 79.5 cm³/mol. The lowest BCUT2D eigenvalue weighted by Crippen LogP contribution is -2.07. The summed E-state index contributed by atoms with van der Waals surface area (Å²) in [6.07, 6.45) is 0. The summed E-state index contributed by atoms with van der Waals surface area (Å²) in [5.41, 5.74) is 0.961. The van der Waals surface area contributed by atoms with Crippen molar-refractivity contribution in [2.45, 2.75) is 36.6 Å². The van der Waals surface area contributed by atoms with Crippen LogP contribution in [0.15, 0.2) is 34.9 Å². The summed E-state index contributed by atoms with van der Waals surface area (Å²) in [4.78, 5) is 4.36. The van der Waals surface area contributed by atoms with Crippen LogP contribution in [0.1, 0.15) is 43.4 Å². The molecule has 0 aliphatic heterocycles. The van der Waals surface area contributed by atoms with Crippen molar-refractivity contribution in [3.05, 3.63) is 47.6 Å². The van der Waals surface area contributed by atoms with Crippen molar-refractivity contribution in [2.24, 2.45) is 0 Å². The zero-order valence-corrected chi connectivity index (χ0v) is 12.8. The highest BCUT2D eigenvalue weighted by Crippen LogP contribution is 2.29. The van der Waals surface area contributed by atoms with Crippen LogP contribution in [0, 0.1) is 0 Å². The van der Waals surface area contributed by atoms with E-state index in [1.54, 1.807) is 11.8 Å². The SMILES string of the molecule is CC(C)(C)SCc1noc(C(Cl)c2ccccc2)n1. The number of aromatic nitrogens is 2. The lowest BCUT2D eigenvalue weighted by Gasteiger charge is -2.15. The molecule has 0 N–H and O–H groups in total. The fraction of sp³-hybridized carbons (Fsp3) is 0.429. The molecule has 0 radical (unpaired) electrons. The molecule has 0 spiro atoms. The lowest BCUT2D eigenvalue weighted by molar-refractivity contribution is 0.378. The number of thioether (sulfide) groups is 1. The molecule has 5 heteroatoms. The topological polar surface area (TPSA) is 38.9 Å². The minimum absolute atomic E-state index is 0.181. The molecule has 102 valence electrons. The Labute approximate surface area is 122 Å². The number of alkyl halides is 1. The second-order valence-electron chi connectivity index (χ2n) is 5.22. The van der Waals surface area contributed by atoms with E-state index in [-0.39, 0.29) is 10.1 Å². The van der Waals surface area contributed by atoms with Gasteiger partial charge in [-0.1, -0.05) is 56.3 Å². The molecule has 0 aliphatic rings. The van der Waals surface area contributed by atoms with Gasteiger partial charge in [-0.25, -0.2) is 0 Å². The molecule has 0 fully saturated rings. The van der Waals surface area contributed by atoms with Crippen molar-refractivity contribution < 1.29 is 4.52 Å². The summed E-state index contributed by atoms with van der Waals surface area (Å²) < 4.78 is 5.42. The minimum Gasteiger partial charge on any atom is -0.337 e. The molecule has 0 amide bonds. The van der Waals surface area contributed by atoms with Gasteiger partial charge in [0.05, 0.1) is 5.75 Å². The maximum atomic E-state index is 6.33. The van der Waals surface area contributed by atoms with E-state index in [1.165, 1.54) is 0 Å². The first kappa shape index (κ1) is 14.4. The van der Waals surface area contributed by atoms with E-state index < -0.39 is 0 Å². The van der Waals surface area contributed by atoms with Gasteiger partial charge in [-0.2, -0.15) is 4.98 Å². The number of hydrogen-bond acceptors (Lipinski definition) is 4. The Balaban J connectivity index is 2.05. The maximum Gasteiger partial charge on any atom is 0.249 e. The third-order valence-electron chi connectivity index (χ3n) is 2.43. The van der Waals surface area contributed by atoms with Gasteiger partial charge >= 0.3 is 0 Å². The van der Waals surface area contributed by atoms with Gasteiger partial charge in [-0.05, 0) is 5.56 Å². The molecule has 2 rings (SSSR count). The van der Waals surface area contributed by atoms with Crippen LogP contribution < -0.4 is 0 Å². The molecule has 0 bridgehead atoms. The van der Waals surface area contributed by atoms with Crippen molar-refractivity contribution in [1.82, 2.24) is 10.1 Å². The maximum absolute atomic E-state index is 6.33. The van der Waals surface area contributed by atoms with Crippen LogP contribution in [0.25, 0.3) is 0 Å². The van der Waals surface area contributed by atoms with Crippen LogP contribution in [0.2, 0.25) is 0 Å². The van der Waals surface area contributed by atoms with E-state index in [0.29, 0.717) is 11.7 Å². The molecule has 3 nitrogen and oxygen atoms in total. The van der Waals surface area contributed by atoms with E-state index >= 15 is 0 Å².